The van der Waals surface area contributed by atoms with Gasteiger partial charge in [-0.2, -0.15) is 5.26 Å². The number of furan rings is 1. The molecule has 1 aliphatic rings. The monoisotopic (exact) mass is 471 g/mol. The molecular formula is C26H21N3O4S. The summed E-state index contributed by atoms with van der Waals surface area (Å²) < 4.78 is 5.79. The van der Waals surface area contributed by atoms with E-state index in [2.05, 4.69) is 11.4 Å². The van der Waals surface area contributed by atoms with Gasteiger partial charge in [0.15, 0.2) is 0 Å². The van der Waals surface area contributed by atoms with Crippen molar-refractivity contribution in [2.45, 2.75) is 20.8 Å². The van der Waals surface area contributed by atoms with Crippen LogP contribution in [0.1, 0.15) is 28.0 Å². The van der Waals surface area contributed by atoms with Gasteiger partial charge in [0, 0.05) is 17.3 Å². The summed E-state index contributed by atoms with van der Waals surface area (Å²) in [6.07, 6.45) is 1.47. The fourth-order valence-electron chi connectivity index (χ4n) is 3.84. The molecule has 0 radical (unpaired) electrons. The molecule has 0 saturated carbocycles. The van der Waals surface area contributed by atoms with E-state index < -0.39 is 17.1 Å². The molecule has 1 aromatic heterocycles. The van der Waals surface area contributed by atoms with Crippen LogP contribution in [0, 0.1) is 32.1 Å². The second kappa shape index (κ2) is 9.41. The lowest BCUT2D eigenvalue weighted by molar-refractivity contribution is -0.127. The van der Waals surface area contributed by atoms with Crippen LogP contribution in [-0.2, 0) is 9.59 Å². The topological polar surface area (TPSA) is 103 Å². The average Bonchev–Trinajstić information content (AvgIpc) is 3.36. The predicted molar refractivity (Wildman–Crippen MR) is 131 cm³/mol. The normalized spacial score (nSPS) is 14.5. The number of rotatable bonds is 5. The number of aryl methyl sites for hydroxylation is 3. The van der Waals surface area contributed by atoms with Crippen molar-refractivity contribution in [1.29, 1.82) is 5.26 Å². The number of carbonyl (C=O) groups excluding carboxylic acids is 3. The quantitative estimate of drug-likeness (QED) is 0.499. The molecular weight excluding hydrogens is 450 g/mol. The number of nitriles is 1. The van der Waals surface area contributed by atoms with Gasteiger partial charge in [0.25, 0.3) is 11.1 Å². The Hall–Kier alpha value is -4.09. The van der Waals surface area contributed by atoms with Crippen LogP contribution in [-0.4, -0.2) is 28.5 Å². The van der Waals surface area contributed by atoms with Crippen LogP contribution in [0.5, 0.6) is 0 Å². The second-order valence-corrected chi connectivity index (χ2v) is 8.94. The third-order valence-corrected chi connectivity index (χ3v) is 6.24. The zero-order valence-corrected chi connectivity index (χ0v) is 19.7. The number of nitrogens with one attached hydrogen (secondary N) is 1. The highest BCUT2D eigenvalue weighted by atomic mass is 32.2. The SMILES string of the molecule is Cc1cc(C)c(NC(=O)CN2C(=O)S/C(=C/c3ccc(-c4ccccc4C#N)o3)C2=O)c(C)c1. The fraction of sp³-hybridized carbons (Fsp3) is 0.154. The molecule has 0 atom stereocenters. The summed E-state index contributed by atoms with van der Waals surface area (Å²) in [7, 11) is 0. The van der Waals surface area contributed by atoms with Crippen LogP contribution < -0.4 is 5.32 Å². The number of nitrogens with zero attached hydrogens (tertiary/aromatic N) is 2. The Balaban J connectivity index is 1.49. The standard InChI is InChI=1S/C26H21N3O4S/c1-15-10-16(2)24(17(3)11-15)28-23(30)14-29-25(31)22(34-26(29)32)12-19-8-9-21(33-19)20-7-5-4-6-18(20)13-27/h4-12H,14H2,1-3H3,(H,28,30)/b22-12+. The Labute approximate surface area is 201 Å². The molecule has 3 aromatic rings. The molecule has 7 nitrogen and oxygen atoms in total. The lowest BCUT2D eigenvalue weighted by atomic mass is 10.1. The van der Waals surface area contributed by atoms with E-state index in [4.69, 9.17) is 4.42 Å². The van der Waals surface area contributed by atoms with Gasteiger partial charge in [0.05, 0.1) is 16.5 Å². The predicted octanol–water partition coefficient (Wildman–Crippen LogP) is 5.42. The van der Waals surface area contributed by atoms with Crippen LogP contribution in [0.25, 0.3) is 17.4 Å². The van der Waals surface area contributed by atoms with E-state index in [-0.39, 0.29) is 11.4 Å². The molecule has 1 fully saturated rings. The second-order valence-electron chi connectivity index (χ2n) is 7.95. The Morgan fingerprint density at radius 3 is 2.53 bits per heavy atom. The molecule has 1 saturated heterocycles. The van der Waals surface area contributed by atoms with E-state index in [1.807, 2.05) is 32.9 Å². The van der Waals surface area contributed by atoms with Crippen LogP contribution in [0.2, 0.25) is 0 Å². The first kappa shape index (κ1) is 23.1. The third-order valence-electron chi connectivity index (χ3n) is 5.33. The lowest BCUT2D eigenvalue weighted by Crippen LogP contribution is -2.36. The summed E-state index contributed by atoms with van der Waals surface area (Å²) in [6, 6.07) is 16.4. The highest BCUT2D eigenvalue weighted by Gasteiger charge is 2.36. The number of thioether (sulfide) groups is 1. The molecule has 2 aromatic carbocycles. The van der Waals surface area contributed by atoms with Crippen molar-refractivity contribution < 1.29 is 18.8 Å². The molecule has 0 spiro atoms. The van der Waals surface area contributed by atoms with Gasteiger partial charge in [0.1, 0.15) is 18.1 Å². The number of hydrogen-bond donors (Lipinski definition) is 1. The minimum absolute atomic E-state index is 0.162. The first-order valence-corrected chi connectivity index (χ1v) is 11.3. The minimum Gasteiger partial charge on any atom is -0.457 e. The van der Waals surface area contributed by atoms with E-state index in [0.29, 0.717) is 28.3 Å². The van der Waals surface area contributed by atoms with Crippen molar-refractivity contribution in [2.75, 3.05) is 11.9 Å². The van der Waals surface area contributed by atoms with Gasteiger partial charge in [-0.25, -0.2) is 0 Å². The van der Waals surface area contributed by atoms with Gasteiger partial charge in [-0.15, -0.1) is 0 Å². The Bertz CT molecular complexity index is 1370. The van der Waals surface area contributed by atoms with Gasteiger partial charge >= 0.3 is 0 Å². The molecule has 1 aliphatic heterocycles. The van der Waals surface area contributed by atoms with Gasteiger partial charge in [-0.05, 0) is 67.9 Å². The molecule has 1 N–H and O–H groups in total. The van der Waals surface area contributed by atoms with Crippen molar-refractivity contribution in [3.05, 3.63) is 81.5 Å². The Kier molecular flexibility index (Phi) is 6.39. The van der Waals surface area contributed by atoms with Crippen LogP contribution in [0.4, 0.5) is 10.5 Å². The zero-order valence-electron chi connectivity index (χ0n) is 18.8. The lowest BCUT2D eigenvalue weighted by Gasteiger charge is -2.15. The number of hydrogen-bond acceptors (Lipinski definition) is 6. The largest absolute Gasteiger partial charge is 0.457 e. The van der Waals surface area contributed by atoms with E-state index in [0.717, 1.165) is 33.4 Å². The van der Waals surface area contributed by atoms with E-state index in [1.54, 1.807) is 36.4 Å². The van der Waals surface area contributed by atoms with Crippen molar-refractivity contribution in [2.24, 2.45) is 0 Å². The maximum Gasteiger partial charge on any atom is 0.294 e. The molecule has 8 heteroatoms. The average molecular weight is 472 g/mol. The van der Waals surface area contributed by atoms with Gasteiger partial charge in [-0.1, -0.05) is 29.8 Å². The number of anilines is 1. The zero-order chi connectivity index (χ0) is 24.4. The van der Waals surface area contributed by atoms with Crippen LogP contribution >= 0.6 is 11.8 Å². The minimum atomic E-state index is -0.558. The van der Waals surface area contributed by atoms with Gasteiger partial charge < -0.3 is 9.73 Å². The highest BCUT2D eigenvalue weighted by Crippen LogP contribution is 2.34. The highest BCUT2D eigenvalue weighted by molar-refractivity contribution is 8.18. The van der Waals surface area contributed by atoms with E-state index in [9.17, 15) is 19.6 Å². The van der Waals surface area contributed by atoms with Gasteiger partial charge in [-0.3, -0.25) is 19.3 Å². The fourth-order valence-corrected chi connectivity index (χ4v) is 4.65. The van der Waals surface area contributed by atoms with Crippen molar-refractivity contribution >= 4 is 40.6 Å². The molecule has 34 heavy (non-hydrogen) atoms. The molecule has 3 amide bonds. The summed E-state index contributed by atoms with van der Waals surface area (Å²) in [5.74, 6) is -0.167. The molecule has 4 rings (SSSR count). The molecule has 0 bridgehead atoms. The van der Waals surface area contributed by atoms with Crippen molar-refractivity contribution in [1.82, 2.24) is 4.90 Å². The maximum absolute atomic E-state index is 12.8. The first-order valence-electron chi connectivity index (χ1n) is 10.5. The van der Waals surface area contributed by atoms with E-state index >= 15 is 0 Å². The maximum atomic E-state index is 12.8. The molecule has 0 aliphatic carbocycles. The summed E-state index contributed by atoms with van der Waals surface area (Å²) in [5, 5.41) is 11.6. The van der Waals surface area contributed by atoms with Gasteiger partial charge in [0.2, 0.25) is 5.91 Å². The van der Waals surface area contributed by atoms with Crippen molar-refractivity contribution in [3.8, 4) is 17.4 Å². The number of imide groups is 1. The number of benzene rings is 2. The number of carbonyl (C=O) groups is 3. The van der Waals surface area contributed by atoms with Crippen LogP contribution in [0.3, 0.4) is 0 Å². The molecule has 0 unspecified atom stereocenters. The summed E-state index contributed by atoms with van der Waals surface area (Å²) in [6.45, 7) is 5.38. The summed E-state index contributed by atoms with van der Waals surface area (Å²) in [4.78, 5) is 38.9. The van der Waals surface area contributed by atoms with E-state index in [1.165, 1.54) is 6.08 Å². The van der Waals surface area contributed by atoms with Crippen LogP contribution in [0.15, 0.2) is 57.9 Å². The molecule has 170 valence electrons. The summed E-state index contributed by atoms with van der Waals surface area (Å²) >= 11 is 0.752. The summed E-state index contributed by atoms with van der Waals surface area (Å²) in [5.41, 5.74) is 4.68. The first-order chi connectivity index (χ1) is 16.3. The van der Waals surface area contributed by atoms with Crippen molar-refractivity contribution in [3.63, 3.8) is 0 Å². The smallest absolute Gasteiger partial charge is 0.294 e. The molecule has 2 heterocycles. The Morgan fingerprint density at radius 2 is 1.82 bits per heavy atom. The Morgan fingerprint density at radius 1 is 1.12 bits per heavy atom. The third kappa shape index (κ3) is 4.65. The number of amides is 3.